The number of amides is 3. The van der Waals surface area contributed by atoms with Crippen LogP contribution in [0, 0.1) is 0 Å². The number of nitrogens with one attached hydrogen (secondary N) is 1. The van der Waals surface area contributed by atoms with Gasteiger partial charge in [-0.2, -0.15) is 0 Å². The van der Waals surface area contributed by atoms with Crippen molar-refractivity contribution in [3.63, 3.8) is 0 Å². The maximum Gasteiger partial charge on any atom is 0.317 e. The van der Waals surface area contributed by atoms with Gasteiger partial charge in [-0.15, -0.1) is 0 Å². The fraction of sp³-hybridized carbons (Fsp3) is 0.467. The number of rotatable bonds is 3. The van der Waals surface area contributed by atoms with Crippen LogP contribution in [0.2, 0.25) is 0 Å². The van der Waals surface area contributed by atoms with Gasteiger partial charge in [-0.25, -0.2) is 4.79 Å². The van der Waals surface area contributed by atoms with Gasteiger partial charge in [0.15, 0.2) is 0 Å². The lowest BCUT2D eigenvalue weighted by Gasteiger charge is -2.35. The summed E-state index contributed by atoms with van der Waals surface area (Å²) < 4.78 is 0. The molecule has 1 fully saturated rings. The van der Waals surface area contributed by atoms with Crippen molar-refractivity contribution in [2.24, 2.45) is 5.73 Å². The quantitative estimate of drug-likeness (QED) is 0.854. The first-order chi connectivity index (χ1) is 10.1. The number of carbonyl (C=O) groups is 2. The van der Waals surface area contributed by atoms with Crippen molar-refractivity contribution in [2.75, 3.05) is 32.7 Å². The van der Waals surface area contributed by atoms with Crippen LogP contribution in [-0.2, 0) is 4.79 Å². The molecule has 2 rings (SSSR count). The Balaban J connectivity index is 1.90. The Bertz CT molecular complexity index is 484. The van der Waals surface area contributed by atoms with Crippen LogP contribution in [0.5, 0.6) is 0 Å². The van der Waals surface area contributed by atoms with Crippen LogP contribution in [0.4, 0.5) is 4.79 Å². The largest absolute Gasteiger partial charge is 0.338 e. The minimum atomic E-state index is -0.637. The van der Waals surface area contributed by atoms with Crippen molar-refractivity contribution in [3.05, 3.63) is 35.9 Å². The number of nitrogens with two attached hydrogens (primary N) is 1. The second kappa shape index (κ2) is 7.08. The third-order valence-electron chi connectivity index (χ3n) is 3.63. The van der Waals surface area contributed by atoms with Gasteiger partial charge in [0.2, 0.25) is 5.91 Å². The van der Waals surface area contributed by atoms with Gasteiger partial charge in [-0.1, -0.05) is 30.3 Å². The lowest BCUT2D eigenvalue weighted by molar-refractivity contribution is -0.134. The molecule has 1 aromatic rings. The van der Waals surface area contributed by atoms with Crippen LogP contribution in [0.1, 0.15) is 18.5 Å². The molecular formula is C15H22N4O2. The van der Waals surface area contributed by atoms with E-state index in [0.29, 0.717) is 32.7 Å². The normalized spacial score (nSPS) is 16.5. The Hall–Kier alpha value is -2.08. The van der Waals surface area contributed by atoms with E-state index in [9.17, 15) is 9.59 Å². The summed E-state index contributed by atoms with van der Waals surface area (Å²) in [6, 6.07) is 8.64. The van der Waals surface area contributed by atoms with Crippen molar-refractivity contribution >= 4 is 11.9 Å². The highest BCUT2D eigenvalue weighted by Gasteiger charge is 2.27. The highest BCUT2D eigenvalue weighted by atomic mass is 16.2. The molecule has 0 bridgehead atoms. The van der Waals surface area contributed by atoms with Gasteiger partial charge in [0, 0.05) is 32.7 Å². The van der Waals surface area contributed by atoms with Crippen molar-refractivity contribution in [2.45, 2.75) is 13.0 Å². The standard InChI is InChI=1S/C15H22N4O2/c1-2-17-15(21)19-10-8-18(9-11-19)14(20)13(16)12-6-4-3-5-7-12/h3-7,13H,2,8-11,16H2,1H3,(H,17,21)/t13-/m0/s1. The molecule has 3 N–H and O–H groups in total. The van der Waals surface area contributed by atoms with Gasteiger partial charge in [0.05, 0.1) is 0 Å². The van der Waals surface area contributed by atoms with E-state index in [1.807, 2.05) is 37.3 Å². The van der Waals surface area contributed by atoms with Crippen LogP contribution in [0.15, 0.2) is 30.3 Å². The van der Waals surface area contributed by atoms with Crippen LogP contribution >= 0.6 is 0 Å². The second-order valence-electron chi connectivity index (χ2n) is 5.04. The summed E-state index contributed by atoms with van der Waals surface area (Å²) in [6.07, 6.45) is 0. The summed E-state index contributed by atoms with van der Waals surface area (Å²) in [5.41, 5.74) is 6.84. The first-order valence-corrected chi connectivity index (χ1v) is 7.25. The van der Waals surface area contributed by atoms with E-state index in [0.717, 1.165) is 5.56 Å². The molecule has 0 aliphatic carbocycles. The predicted octanol–water partition coefficient (Wildman–Crippen LogP) is 0.560. The van der Waals surface area contributed by atoms with Gasteiger partial charge >= 0.3 is 6.03 Å². The van der Waals surface area contributed by atoms with Gasteiger partial charge in [0.1, 0.15) is 6.04 Å². The molecule has 0 saturated carbocycles. The topological polar surface area (TPSA) is 78.7 Å². The molecule has 21 heavy (non-hydrogen) atoms. The summed E-state index contributed by atoms with van der Waals surface area (Å²) in [5, 5.41) is 2.77. The zero-order chi connectivity index (χ0) is 15.2. The lowest BCUT2D eigenvalue weighted by Crippen LogP contribution is -2.54. The molecule has 3 amide bonds. The molecule has 6 nitrogen and oxygen atoms in total. The van der Waals surface area contributed by atoms with Crippen LogP contribution in [0.25, 0.3) is 0 Å². The van der Waals surface area contributed by atoms with E-state index in [1.165, 1.54) is 0 Å². The summed E-state index contributed by atoms with van der Waals surface area (Å²) in [7, 11) is 0. The molecule has 0 spiro atoms. The van der Waals surface area contributed by atoms with Crippen LogP contribution < -0.4 is 11.1 Å². The first-order valence-electron chi connectivity index (χ1n) is 7.25. The Morgan fingerprint density at radius 2 is 1.71 bits per heavy atom. The molecule has 1 saturated heterocycles. The molecule has 0 radical (unpaired) electrons. The highest BCUT2D eigenvalue weighted by molar-refractivity contribution is 5.83. The number of hydrogen-bond acceptors (Lipinski definition) is 3. The van der Waals surface area contributed by atoms with Crippen molar-refractivity contribution in [1.29, 1.82) is 0 Å². The SMILES string of the molecule is CCNC(=O)N1CCN(C(=O)[C@@H](N)c2ccccc2)CC1. The van der Waals surface area contributed by atoms with E-state index < -0.39 is 6.04 Å². The molecule has 0 aromatic heterocycles. The molecule has 114 valence electrons. The fourth-order valence-electron chi connectivity index (χ4n) is 2.39. The Morgan fingerprint density at radius 1 is 1.14 bits per heavy atom. The smallest absolute Gasteiger partial charge is 0.317 e. The Kier molecular flexibility index (Phi) is 5.16. The van der Waals surface area contributed by atoms with Gasteiger partial charge in [0.25, 0.3) is 0 Å². The second-order valence-corrected chi connectivity index (χ2v) is 5.04. The molecule has 1 aliphatic heterocycles. The minimum absolute atomic E-state index is 0.0723. The zero-order valence-electron chi connectivity index (χ0n) is 12.3. The summed E-state index contributed by atoms with van der Waals surface area (Å²) in [5.74, 6) is -0.0863. The molecule has 1 aromatic carbocycles. The van der Waals surface area contributed by atoms with E-state index in [1.54, 1.807) is 9.80 Å². The van der Waals surface area contributed by atoms with Gasteiger partial charge in [-0.05, 0) is 12.5 Å². The summed E-state index contributed by atoms with van der Waals surface area (Å²) in [6.45, 7) is 4.62. The number of nitrogens with zero attached hydrogens (tertiary/aromatic N) is 2. The third kappa shape index (κ3) is 3.72. The first kappa shape index (κ1) is 15.3. The fourth-order valence-corrected chi connectivity index (χ4v) is 2.39. The van der Waals surface area contributed by atoms with Crippen molar-refractivity contribution < 1.29 is 9.59 Å². The maximum absolute atomic E-state index is 12.4. The highest BCUT2D eigenvalue weighted by Crippen LogP contribution is 2.14. The van der Waals surface area contributed by atoms with E-state index in [4.69, 9.17) is 5.73 Å². The minimum Gasteiger partial charge on any atom is -0.338 e. The summed E-state index contributed by atoms with van der Waals surface area (Å²) in [4.78, 5) is 27.6. The van der Waals surface area contributed by atoms with Gasteiger partial charge in [-0.3, -0.25) is 4.79 Å². The Labute approximate surface area is 124 Å². The van der Waals surface area contributed by atoms with E-state index in [2.05, 4.69) is 5.32 Å². The van der Waals surface area contributed by atoms with Crippen LogP contribution in [-0.4, -0.2) is 54.5 Å². The number of piperazine rings is 1. The number of urea groups is 1. The predicted molar refractivity (Wildman–Crippen MR) is 80.6 cm³/mol. The Morgan fingerprint density at radius 3 is 2.29 bits per heavy atom. The van der Waals surface area contributed by atoms with E-state index >= 15 is 0 Å². The third-order valence-corrected chi connectivity index (χ3v) is 3.63. The zero-order valence-corrected chi connectivity index (χ0v) is 12.3. The molecule has 1 heterocycles. The number of carbonyl (C=O) groups excluding carboxylic acids is 2. The number of benzene rings is 1. The molecule has 6 heteroatoms. The van der Waals surface area contributed by atoms with E-state index in [-0.39, 0.29) is 11.9 Å². The van der Waals surface area contributed by atoms with Crippen molar-refractivity contribution in [1.82, 2.24) is 15.1 Å². The maximum atomic E-state index is 12.4. The van der Waals surface area contributed by atoms with Crippen LogP contribution in [0.3, 0.4) is 0 Å². The molecule has 1 aliphatic rings. The van der Waals surface area contributed by atoms with Crippen molar-refractivity contribution in [3.8, 4) is 0 Å². The number of hydrogen-bond donors (Lipinski definition) is 2. The summed E-state index contributed by atoms with van der Waals surface area (Å²) >= 11 is 0. The lowest BCUT2D eigenvalue weighted by atomic mass is 10.1. The van der Waals surface area contributed by atoms with Gasteiger partial charge < -0.3 is 20.9 Å². The molecule has 1 atom stereocenters. The monoisotopic (exact) mass is 290 g/mol. The molecular weight excluding hydrogens is 268 g/mol. The average Bonchev–Trinajstić information content (AvgIpc) is 2.54. The molecule has 0 unspecified atom stereocenters. The average molecular weight is 290 g/mol.